The van der Waals surface area contributed by atoms with E-state index in [1.807, 2.05) is 31.2 Å². The van der Waals surface area contributed by atoms with Crippen LogP contribution in [0.3, 0.4) is 0 Å². The maximum atomic E-state index is 14.8. The zero-order valence-corrected chi connectivity index (χ0v) is 30.4. The molecule has 53 heavy (non-hydrogen) atoms. The lowest BCUT2D eigenvalue weighted by Crippen LogP contribution is -2.47. The van der Waals surface area contributed by atoms with Crippen LogP contribution in [0.1, 0.15) is 33.4 Å². The summed E-state index contributed by atoms with van der Waals surface area (Å²) >= 11 is 6.59. The summed E-state index contributed by atoms with van der Waals surface area (Å²) in [7, 11) is 0. The van der Waals surface area contributed by atoms with Gasteiger partial charge in [-0.1, -0.05) is 35.9 Å². The highest BCUT2D eigenvalue weighted by Crippen LogP contribution is 2.34. The first-order valence-electron chi connectivity index (χ1n) is 16.6. The number of carbonyl (C=O) groups is 1. The van der Waals surface area contributed by atoms with Gasteiger partial charge in [0.25, 0.3) is 0 Å². The van der Waals surface area contributed by atoms with Crippen LogP contribution in [0.25, 0.3) is 6.08 Å². The Balaban J connectivity index is 0.00000541. The molecule has 1 aromatic heterocycles. The second-order valence-corrected chi connectivity index (χ2v) is 12.7. The summed E-state index contributed by atoms with van der Waals surface area (Å²) in [6, 6.07) is 27.0. The number of aromatic nitrogens is 1. The summed E-state index contributed by atoms with van der Waals surface area (Å²) < 4.78 is 45.2. The van der Waals surface area contributed by atoms with Gasteiger partial charge in [-0.15, -0.1) is 12.4 Å². The number of aryl methyl sites for hydroxylation is 1. The van der Waals surface area contributed by atoms with Crippen molar-refractivity contribution in [3.8, 4) is 29.2 Å². The van der Waals surface area contributed by atoms with Crippen molar-refractivity contribution < 1.29 is 27.8 Å². The van der Waals surface area contributed by atoms with E-state index in [1.54, 1.807) is 59.6 Å². The Kier molecular flexibility index (Phi) is 13.4. The maximum absolute atomic E-state index is 14.8. The van der Waals surface area contributed by atoms with Gasteiger partial charge in [0, 0.05) is 50.4 Å². The van der Waals surface area contributed by atoms with Crippen LogP contribution >= 0.6 is 24.0 Å². The van der Waals surface area contributed by atoms with Crippen molar-refractivity contribution in [3.63, 3.8) is 0 Å². The van der Waals surface area contributed by atoms with Crippen LogP contribution in [-0.4, -0.2) is 46.9 Å². The predicted octanol–water partition coefficient (Wildman–Crippen LogP) is 8.92. The van der Waals surface area contributed by atoms with Crippen molar-refractivity contribution in [1.29, 1.82) is 5.26 Å². The third-order valence-electron chi connectivity index (χ3n) is 8.49. The predicted molar refractivity (Wildman–Crippen MR) is 201 cm³/mol. The number of ether oxygens (including phenoxy) is 3. The number of halogens is 4. The first-order chi connectivity index (χ1) is 25.2. The van der Waals surface area contributed by atoms with Gasteiger partial charge in [-0.05, 0) is 95.9 Å². The standard InChI is InChI=1S/C41H35ClF2N4O4.ClH/c1-28-20-31(21-37(42)41(28)52-39-14-13-36(24-46-39)50-26-30-4-2-29(23-45)3-5-30)7-15-40(49)48-18-16-47(17-19-48)25-32-6-8-33(38(44)22-32)27-51-35-11-9-34(43)10-12-35;/h2-15,20-22,24H,16-19,25-27H2,1H3;1H/b15-7+;. The number of nitrogens with zero attached hydrogens (tertiary/aromatic N) is 4. The number of amides is 1. The van der Waals surface area contributed by atoms with E-state index in [0.717, 1.165) is 22.3 Å². The van der Waals surface area contributed by atoms with E-state index < -0.39 is 0 Å². The molecule has 1 amide bonds. The zero-order chi connectivity index (χ0) is 36.5. The minimum absolute atomic E-state index is 0. The van der Waals surface area contributed by atoms with E-state index in [4.69, 9.17) is 31.1 Å². The van der Waals surface area contributed by atoms with Crippen LogP contribution in [0.2, 0.25) is 5.02 Å². The zero-order valence-electron chi connectivity index (χ0n) is 28.8. The van der Waals surface area contributed by atoms with Crippen LogP contribution in [0, 0.1) is 29.9 Å². The monoisotopic (exact) mass is 756 g/mol. The quantitative estimate of drug-likeness (QED) is 0.118. The van der Waals surface area contributed by atoms with E-state index in [1.165, 1.54) is 30.3 Å². The van der Waals surface area contributed by atoms with Gasteiger partial charge < -0.3 is 19.1 Å². The molecule has 4 aromatic carbocycles. The molecule has 0 aliphatic carbocycles. The Bertz CT molecular complexity index is 2060. The fourth-order valence-electron chi connectivity index (χ4n) is 5.60. The fraction of sp³-hybridized carbons (Fsp3) is 0.195. The van der Waals surface area contributed by atoms with Crippen LogP contribution in [0.4, 0.5) is 8.78 Å². The number of benzene rings is 4. The first-order valence-corrected chi connectivity index (χ1v) is 17.0. The third kappa shape index (κ3) is 10.8. The lowest BCUT2D eigenvalue weighted by atomic mass is 10.1. The molecular formula is C41H36Cl2F2N4O4. The van der Waals surface area contributed by atoms with E-state index in [2.05, 4.69) is 16.0 Å². The summed E-state index contributed by atoms with van der Waals surface area (Å²) in [6.07, 6.45) is 4.85. The molecule has 0 radical (unpaired) electrons. The lowest BCUT2D eigenvalue weighted by molar-refractivity contribution is -0.127. The SMILES string of the molecule is Cc1cc(/C=C/C(=O)N2CCN(Cc3ccc(COc4ccc(F)cc4)c(F)c3)CC2)cc(Cl)c1Oc1ccc(OCc2ccc(C#N)cc2)cn1.Cl. The Morgan fingerprint density at radius 2 is 1.58 bits per heavy atom. The number of carbonyl (C=O) groups excluding carboxylic acids is 1. The number of hydrogen-bond acceptors (Lipinski definition) is 7. The molecule has 8 nitrogen and oxygen atoms in total. The molecule has 5 aromatic rings. The van der Waals surface area contributed by atoms with Gasteiger partial charge in [-0.3, -0.25) is 9.69 Å². The van der Waals surface area contributed by atoms with Crippen molar-refractivity contribution >= 4 is 36.0 Å². The van der Waals surface area contributed by atoms with E-state index >= 15 is 0 Å². The summed E-state index contributed by atoms with van der Waals surface area (Å²) in [5, 5.41) is 9.33. The van der Waals surface area contributed by atoms with Crippen molar-refractivity contribution in [3.05, 3.63) is 153 Å². The van der Waals surface area contributed by atoms with Gasteiger partial charge in [-0.2, -0.15) is 5.26 Å². The van der Waals surface area contributed by atoms with Crippen molar-refractivity contribution in [2.75, 3.05) is 26.2 Å². The van der Waals surface area contributed by atoms with E-state index in [0.29, 0.717) is 78.6 Å². The fourth-order valence-corrected chi connectivity index (χ4v) is 5.91. The van der Waals surface area contributed by atoms with Crippen LogP contribution in [0.5, 0.6) is 23.1 Å². The topological polar surface area (TPSA) is 87.9 Å². The molecule has 0 spiro atoms. The number of hydrogen-bond donors (Lipinski definition) is 0. The second kappa shape index (κ2) is 18.3. The third-order valence-corrected chi connectivity index (χ3v) is 8.77. The Morgan fingerprint density at radius 3 is 2.25 bits per heavy atom. The van der Waals surface area contributed by atoms with Crippen LogP contribution in [-0.2, 0) is 24.6 Å². The molecule has 0 bridgehead atoms. The summed E-state index contributed by atoms with van der Waals surface area (Å²) in [6.45, 7) is 5.23. The van der Waals surface area contributed by atoms with Crippen LogP contribution < -0.4 is 14.2 Å². The number of piperazine rings is 1. The highest BCUT2D eigenvalue weighted by atomic mass is 35.5. The molecule has 1 fully saturated rings. The molecule has 0 saturated carbocycles. The van der Waals surface area contributed by atoms with Gasteiger partial charge in [0.05, 0.1) is 22.9 Å². The molecule has 1 aliphatic rings. The van der Waals surface area contributed by atoms with E-state index in [-0.39, 0.29) is 36.6 Å². The largest absolute Gasteiger partial charge is 0.489 e. The van der Waals surface area contributed by atoms with Gasteiger partial charge in [0.2, 0.25) is 11.8 Å². The summed E-state index contributed by atoms with van der Waals surface area (Å²) in [5.41, 5.74) is 4.31. The Morgan fingerprint density at radius 1 is 0.887 bits per heavy atom. The summed E-state index contributed by atoms with van der Waals surface area (Å²) in [5.74, 6) is 1.03. The maximum Gasteiger partial charge on any atom is 0.246 e. The minimum Gasteiger partial charge on any atom is -0.489 e. The highest BCUT2D eigenvalue weighted by molar-refractivity contribution is 6.32. The number of pyridine rings is 1. The van der Waals surface area contributed by atoms with Crippen molar-refractivity contribution in [2.45, 2.75) is 26.7 Å². The molecule has 1 saturated heterocycles. The first kappa shape index (κ1) is 38.8. The molecule has 0 N–H and O–H groups in total. The number of nitriles is 1. The molecule has 272 valence electrons. The normalized spacial score (nSPS) is 12.9. The number of rotatable bonds is 12. The van der Waals surface area contributed by atoms with Gasteiger partial charge in [0.15, 0.2) is 5.75 Å². The smallest absolute Gasteiger partial charge is 0.246 e. The average molecular weight is 758 g/mol. The minimum atomic E-state index is -0.359. The van der Waals surface area contributed by atoms with Gasteiger partial charge in [0.1, 0.15) is 36.3 Å². The Hall–Kier alpha value is -5.47. The molecule has 0 atom stereocenters. The van der Waals surface area contributed by atoms with Crippen LogP contribution in [0.15, 0.2) is 103 Å². The highest BCUT2D eigenvalue weighted by Gasteiger charge is 2.20. The molecule has 2 heterocycles. The Labute approximate surface area is 318 Å². The average Bonchev–Trinajstić information content (AvgIpc) is 3.16. The molecular weight excluding hydrogens is 721 g/mol. The molecule has 12 heteroatoms. The van der Waals surface area contributed by atoms with E-state index in [9.17, 15) is 13.6 Å². The van der Waals surface area contributed by atoms with Crippen molar-refractivity contribution in [1.82, 2.24) is 14.8 Å². The summed E-state index contributed by atoms with van der Waals surface area (Å²) in [4.78, 5) is 21.3. The molecule has 0 unspecified atom stereocenters. The van der Waals surface area contributed by atoms with Crippen molar-refractivity contribution in [2.24, 2.45) is 0 Å². The molecule has 1 aliphatic heterocycles. The van der Waals surface area contributed by atoms with Gasteiger partial charge in [-0.25, -0.2) is 13.8 Å². The van der Waals surface area contributed by atoms with Gasteiger partial charge >= 0.3 is 0 Å². The lowest BCUT2D eigenvalue weighted by Gasteiger charge is -2.34. The molecule has 6 rings (SSSR count). The second-order valence-electron chi connectivity index (χ2n) is 12.3.